The molecule has 0 unspecified atom stereocenters. The van der Waals surface area contributed by atoms with E-state index >= 15 is 0 Å². The van der Waals surface area contributed by atoms with Gasteiger partial charge in [-0.25, -0.2) is 14.8 Å². The summed E-state index contributed by atoms with van der Waals surface area (Å²) in [5.74, 6) is -3.19. The van der Waals surface area contributed by atoms with Crippen LogP contribution in [0.1, 0.15) is 35.8 Å². The van der Waals surface area contributed by atoms with Crippen LogP contribution in [0.25, 0.3) is 11.0 Å². The van der Waals surface area contributed by atoms with E-state index < -0.39 is 23.9 Å². The van der Waals surface area contributed by atoms with Gasteiger partial charge >= 0.3 is 11.9 Å². The molecule has 0 aliphatic rings. The monoisotopic (exact) mass is 515 g/mol. The summed E-state index contributed by atoms with van der Waals surface area (Å²) in [5.41, 5.74) is 8.05. The third-order valence-corrected chi connectivity index (χ3v) is 4.78. The molecule has 3 aromatic rings. The van der Waals surface area contributed by atoms with Crippen LogP contribution in [0, 0.1) is 0 Å². The van der Waals surface area contributed by atoms with Crippen LogP contribution in [0.4, 0.5) is 17.5 Å². The topological polar surface area (TPSA) is 210 Å². The van der Waals surface area contributed by atoms with Gasteiger partial charge in [0.1, 0.15) is 11.6 Å². The number of amides is 2. The minimum Gasteiger partial charge on any atom is -0.481 e. The Balaban J connectivity index is 0.00000456. The molecule has 0 aliphatic heterocycles. The van der Waals surface area contributed by atoms with Crippen molar-refractivity contribution >= 4 is 65.7 Å². The molecule has 0 aliphatic carbocycles. The van der Waals surface area contributed by atoms with Gasteiger partial charge in [0, 0.05) is 24.6 Å². The Morgan fingerprint density at radius 3 is 2.31 bits per heavy atom. The van der Waals surface area contributed by atoms with E-state index in [0.717, 1.165) is 0 Å². The fourth-order valence-electron chi connectivity index (χ4n) is 3.12. The molecule has 0 saturated heterocycles. The summed E-state index contributed by atoms with van der Waals surface area (Å²) in [7, 11) is 0. The molecule has 0 fully saturated rings. The SMILES string of the molecule is CC(=O)Nc1nc(N)nc2ccc(CNc3ccc(C(=O)N[C@H](CCC(=O)O)C(=O)O)cc3)nc12.S. The van der Waals surface area contributed by atoms with Crippen molar-refractivity contribution in [3.8, 4) is 0 Å². The second kappa shape index (κ2) is 12.3. The maximum Gasteiger partial charge on any atom is 0.326 e. The molecule has 0 radical (unpaired) electrons. The Bertz CT molecular complexity index is 1290. The first-order valence-electron chi connectivity index (χ1n) is 10.4. The fourth-order valence-corrected chi connectivity index (χ4v) is 3.12. The second-order valence-electron chi connectivity index (χ2n) is 7.51. The van der Waals surface area contributed by atoms with Crippen molar-refractivity contribution in [1.29, 1.82) is 0 Å². The molecule has 190 valence electrons. The summed E-state index contributed by atoms with van der Waals surface area (Å²) >= 11 is 0. The Morgan fingerprint density at radius 2 is 1.69 bits per heavy atom. The van der Waals surface area contributed by atoms with Crippen LogP contribution in [0.5, 0.6) is 0 Å². The van der Waals surface area contributed by atoms with E-state index in [0.29, 0.717) is 29.0 Å². The first-order valence-corrected chi connectivity index (χ1v) is 10.4. The number of pyridine rings is 1. The minimum absolute atomic E-state index is 0. The second-order valence-corrected chi connectivity index (χ2v) is 7.51. The molecular formula is C22H25N7O6S. The molecule has 0 spiro atoms. The molecule has 36 heavy (non-hydrogen) atoms. The van der Waals surface area contributed by atoms with Crippen LogP contribution >= 0.6 is 13.5 Å². The average molecular weight is 516 g/mol. The number of carboxylic acid groups (broad SMARTS) is 2. The number of rotatable bonds is 10. The van der Waals surface area contributed by atoms with E-state index in [1.54, 1.807) is 24.3 Å². The number of carbonyl (C=O) groups excluding carboxylic acids is 2. The van der Waals surface area contributed by atoms with Crippen molar-refractivity contribution < 1.29 is 29.4 Å². The number of hydrogen-bond donors (Lipinski definition) is 6. The van der Waals surface area contributed by atoms with Crippen molar-refractivity contribution in [3.05, 3.63) is 47.7 Å². The number of carbonyl (C=O) groups is 4. The van der Waals surface area contributed by atoms with Gasteiger partial charge in [0.15, 0.2) is 5.82 Å². The van der Waals surface area contributed by atoms with Crippen LogP contribution in [0.2, 0.25) is 0 Å². The molecule has 0 saturated carbocycles. The smallest absolute Gasteiger partial charge is 0.326 e. The average Bonchev–Trinajstić information content (AvgIpc) is 2.80. The van der Waals surface area contributed by atoms with Gasteiger partial charge in [0.2, 0.25) is 11.9 Å². The molecule has 7 N–H and O–H groups in total. The van der Waals surface area contributed by atoms with Crippen molar-refractivity contribution in [2.75, 3.05) is 16.4 Å². The van der Waals surface area contributed by atoms with Crippen LogP contribution in [0.15, 0.2) is 36.4 Å². The van der Waals surface area contributed by atoms with Crippen LogP contribution < -0.4 is 21.7 Å². The lowest BCUT2D eigenvalue weighted by Crippen LogP contribution is -2.41. The fraction of sp³-hybridized carbons (Fsp3) is 0.227. The van der Waals surface area contributed by atoms with Gasteiger partial charge in [-0.1, -0.05) is 0 Å². The molecule has 2 aromatic heterocycles. The standard InChI is InChI=1S/C22H23N7O6.H2S/c1-11(30)25-19-18-15(28-22(23)29-19)7-6-14(26-18)10-24-13-4-2-12(3-5-13)20(33)27-16(21(34)35)8-9-17(31)32;/h2-7,16,24H,8-10H2,1H3,(H,27,33)(H,31,32)(H,34,35)(H3,23,25,28,29,30);1H2/t16-;/m1./s1. The summed E-state index contributed by atoms with van der Waals surface area (Å²) in [5, 5.41) is 26.0. The highest BCUT2D eigenvalue weighted by Crippen LogP contribution is 2.20. The van der Waals surface area contributed by atoms with Crippen molar-refractivity contribution in [3.63, 3.8) is 0 Å². The van der Waals surface area contributed by atoms with Crippen molar-refractivity contribution in [2.45, 2.75) is 32.4 Å². The molecule has 2 heterocycles. The van der Waals surface area contributed by atoms with E-state index in [2.05, 4.69) is 30.9 Å². The highest BCUT2D eigenvalue weighted by molar-refractivity contribution is 7.59. The van der Waals surface area contributed by atoms with Crippen LogP contribution in [-0.2, 0) is 20.9 Å². The number of nitrogens with two attached hydrogens (primary N) is 1. The first kappa shape index (κ1) is 27.8. The molecule has 1 atom stereocenters. The third-order valence-electron chi connectivity index (χ3n) is 4.78. The molecule has 0 bridgehead atoms. The van der Waals surface area contributed by atoms with E-state index in [4.69, 9.17) is 10.8 Å². The minimum atomic E-state index is -1.31. The number of nitrogen functional groups attached to an aromatic ring is 1. The number of benzene rings is 1. The van der Waals surface area contributed by atoms with E-state index in [1.807, 2.05) is 0 Å². The number of fused-ring (bicyclic) bond motifs is 1. The quantitative estimate of drug-likeness (QED) is 0.227. The number of nitrogens with zero attached hydrogens (tertiary/aromatic N) is 3. The Labute approximate surface area is 212 Å². The van der Waals surface area contributed by atoms with E-state index in [9.17, 15) is 24.3 Å². The zero-order chi connectivity index (χ0) is 25.5. The summed E-state index contributed by atoms with van der Waals surface area (Å²) < 4.78 is 0. The summed E-state index contributed by atoms with van der Waals surface area (Å²) in [4.78, 5) is 58.4. The number of aromatic nitrogens is 3. The van der Waals surface area contributed by atoms with Gasteiger partial charge in [-0.2, -0.15) is 18.5 Å². The Kier molecular flexibility index (Phi) is 9.50. The van der Waals surface area contributed by atoms with Gasteiger partial charge in [0.25, 0.3) is 5.91 Å². The van der Waals surface area contributed by atoms with E-state index in [-0.39, 0.29) is 49.6 Å². The third kappa shape index (κ3) is 7.53. The highest BCUT2D eigenvalue weighted by Gasteiger charge is 2.21. The summed E-state index contributed by atoms with van der Waals surface area (Å²) in [6, 6.07) is 8.42. The zero-order valence-electron chi connectivity index (χ0n) is 19.1. The normalized spacial score (nSPS) is 11.1. The molecule has 14 heteroatoms. The molecule has 2 amide bonds. The molecule has 13 nitrogen and oxygen atoms in total. The largest absolute Gasteiger partial charge is 0.481 e. The van der Waals surface area contributed by atoms with Gasteiger partial charge in [-0.15, -0.1) is 0 Å². The molecule has 1 aromatic carbocycles. The lowest BCUT2D eigenvalue weighted by atomic mass is 10.1. The molecular weight excluding hydrogens is 490 g/mol. The van der Waals surface area contributed by atoms with Gasteiger partial charge < -0.3 is 31.9 Å². The predicted molar refractivity (Wildman–Crippen MR) is 136 cm³/mol. The van der Waals surface area contributed by atoms with E-state index in [1.165, 1.54) is 19.1 Å². The highest BCUT2D eigenvalue weighted by atomic mass is 32.1. The number of nitrogens with one attached hydrogen (secondary N) is 3. The summed E-state index contributed by atoms with van der Waals surface area (Å²) in [6.07, 6.45) is -0.606. The van der Waals surface area contributed by atoms with Crippen LogP contribution in [-0.4, -0.2) is 55.0 Å². The number of aliphatic carboxylic acids is 2. The lowest BCUT2D eigenvalue weighted by Gasteiger charge is -2.14. The van der Waals surface area contributed by atoms with Crippen molar-refractivity contribution in [1.82, 2.24) is 20.3 Å². The number of anilines is 3. The van der Waals surface area contributed by atoms with Crippen LogP contribution in [0.3, 0.4) is 0 Å². The lowest BCUT2D eigenvalue weighted by molar-refractivity contribution is -0.140. The number of carboxylic acids is 2. The number of hydrogen-bond acceptors (Lipinski definition) is 9. The first-order chi connectivity index (χ1) is 16.6. The maximum absolute atomic E-state index is 12.3. The molecule has 3 rings (SSSR count). The van der Waals surface area contributed by atoms with Crippen molar-refractivity contribution in [2.24, 2.45) is 0 Å². The Morgan fingerprint density at radius 1 is 1.00 bits per heavy atom. The van der Waals surface area contributed by atoms with Gasteiger partial charge in [-0.3, -0.25) is 14.4 Å². The summed E-state index contributed by atoms with van der Waals surface area (Å²) in [6.45, 7) is 1.65. The zero-order valence-corrected chi connectivity index (χ0v) is 20.1. The van der Waals surface area contributed by atoms with Gasteiger partial charge in [-0.05, 0) is 42.8 Å². The predicted octanol–water partition coefficient (Wildman–Crippen LogP) is 1.34. The maximum atomic E-state index is 12.3. The van der Waals surface area contributed by atoms with Gasteiger partial charge in [0.05, 0.1) is 17.8 Å². The Hall–Kier alpha value is -4.46.